The highest BCUT2D eigenvalue weighted by molar-refractivity contribution is 9.10. The zero-order valence-electron chi connectivity index (χ0n) is 10.3. The molecule has 0 radical (unpaired) electrons. The van der Waals surface area contributed by atoms with Gasteiger partial charge < -0.3 is 0 Å². The number of nitrogens with zero attached hydrogens (tertiary/aromatic N) is 1. The van der Waals surface area contributed by atoms with E-state index in [9.17, 15) is 5.26 Å². The van der Waals surface area contributed by atoms with Crippen molar-refractivity contribution in [2.24, 2.45) is 0 Å². The SMILES string of the molecule is Cc1cc(/C(Cl)=C(/C#N)c2ccccc2)ccc1Br. The van der Waals surface area contributed by atoms with Crippen LogP contribution in [0, 0.1) is 18.3 Å². The third-order valence-electron chi connectivity index (χ3n) is 2.81. The van der Waals surface area contributed by atoms with E-state index in [1.165, 1.54) is 0 Å². The maximum absolute atomic E-state index is 9.33. The Hall–Kier alpha value is -1.56. The summed E-state index contributed by atoms with van der Waals surface area (Å²) in [5.74, 6) is 0. The second-order valence-electron chi connectivity index (χ2n) is 4.13. The first-order valence-electron chi connectivity index (χ1n) is 5.75. The number of nitriles is 1. The lowest BCUT2D eigenvalue weighted by Crippen LogP contribution is -1.87. The van der Waals surface area contributed by atoms with E-state index in [1.54, 1.807) is 0 Å². The van der Waals surface area contributed by atoms with Crippen LogP contribution in [0.15, 0.2) is 53.0 Å². The molecule has 0 fully saturated rings. The molecule has 0 heterocycles. The van der Waals surface area contributed by atoms with E-state index in [-0.39, 0.29) is 0 Å². The Kier molecular flexibility index (Phi) is 4.42. The second kappa shape index (κ2) is 6.06. The van der Waals surface area contributed by atoms with Crippen molar-refractivity contribution in [2.75, 3.05) is 0 Å². The second-order valence-corrected chi connectivity index (χ2v) is 5.36. The highest BCUT2D eigenvalue weighted by atomic mass is 79.9. The standard InChI is InChI=1S/C16H11BrClN/c1-11-9-13(7-8-15(11)17)16(18)14(10-19)12-5-3-2-4-6-12/h2-9H,1H3/b16-14+. The molecule has 1 nitrogen and oxygen atoms in total. The van der Waals surface area contributed by atoms with Crippen molar-refractivity contribution >= 4 is 38.1 Å². The van der Waals surface area contributed by atoms with Gasteiger partial charge in [0.25, 0.3) is 0 Å². The molecule has 2 aromatic rings. The van der Waals surface area contributed by atoms with Gasteiger partial charge in [-0.15, -0.1) is 0 Å². The van der Waals surface area contributed by atoms with Crippen molar-refractivity contribution < 1.29 is 0 Å². The van der Waals surface area contributed by atoms with E-state index < -0.39 is 0 Å². The fraction of sp³-hybridized carbons (Fsp3) is 0.0625. The Morgan fingerprint density at radius 1 is 1.11 bits per heavy atom. The number of allylic oxidation sites excluding steroid dienone is 1. The molecule has 0 aliphatic heterocycles. The van der Waals surface area contributed by atoms with Crippen LogP contribution in [0.3, 0.4) is 0 Å². The van der Waals surface area contributed by atoms with Gasteiger partial charge >= 0.3 is 0 Å². The molecular formula is C16H11BrClN. The van der Waals surface area contributed by atoms with Crippen LogP contribution in [-0.2, 0) is 0 Å². The minimum absolute atomic E-state index is 0.476. The fourth-order valence-electron chi connectivity index (χ4n) is 1.77. The van der Waals surface area contributed by atoms with Gasteiger partial charge in [0, 0.05) is 4.47 Å². The molecule has 0 atom stereocenters. The molecule has 3 heteroatoms. The first kappa shape index (κ1) is 13.9. The monoisotopic (exact) mass is 331 g/mol. The normalized spacial score (nSPS) is 11.7. The van der Waals surface area contributed by atoms with Gasteiger partial charge in [-0.2, -0.15) is 5.26 Å². The van der Waals surface area contributed by atoms with Gasteiger partial charge in [0.05, 0.1) is 10.6 Å². The Balaban J connectivity index is 2.56. The van der Waals surface area contributed by atoms with Crippen molar-refractivity contribution in [2.45, 2.75) is 6.92 Å². The highest BCUT2D eigenvalue weighted by Crippen LogP contribution is 2.31. The summed E-state index contributed by atoms with van der Waals surface area (Å²) in [6.45, 7) is 1.99. The third-order valence-corrected chi connectivity index (χ3v) is 4.10. The van der Waals surface area contributed by atoms with E-state index >= 15 is 0 Å². The predicted octanol–water partition coefficient (Wildman–Crippen LogP) is 5.39. The number of halogens is 2. The van der Waals surface area contributed by atoms with Gasteiger partial charge in [-0.3, -0.25) is 0 Å². The molecule has 19 heavy (non-hydrogen) atoms. The van der Waals surface area contributed by atoms with E-state index in [2.05, 4.69) is 22.0 Å². The smallest absolute Gasteiger partial charge is 0.101 e. The van der Waals surface area contributed by atoms with Crippen LogP contribution in [0.2, 0.25) is 0 Å². The number of hydrogen-bond donors (Lipinski definition) is 0. The van der Waals surface area contributed by atoms with Crippen molar-refractivity contribution in [3.05, 3.63) is 69.7 Å². The summed E-state index contributed by atoms with van der Waals surface area (Å²) in [5, 5.41) is 9.81. The van der Waals surface area contributed by atoms with Crippen LogP contribution in [0.1, 0.15) is 16.7 Å². The van der Waals surface area contributed by atoms with Crippen LogP contribution in [0.4, 0.5) is 0 Å². The molecule has 2 aromatic carbocycles. The average Bonchev–Trinajstić information content (AvgIpc) is 2.44. The van der Waals surface area contributed by atoms with Crippen LogP contribution in [-0.4, -0.2) is 0 Å². The maximum atomic E-state index is 9.33. The molecule has 94 valence electrons. The predicted molar refractivity (Wildman–Crippen MR) is 83.6 cm³/mol. The quantitative estimate of drug-likeness (QED) is 0.534. The number of hydrogen-bond acceptors (Lipinski definition) is 1. The Labute approximate surface area is 126 Å². The van der Waals surface area contributed by atoms with Crippen LogP contribution in [0.5, 0.6) is 0 Å². The minimum Gasteiger partial charge on any atom is -0.192 e. The molecule has 0 saturated heterocycles. The highest BCUT2D eigenvalue weighted by Gasteiger charge is 2.10. The van der Waals surface area contributed by atoms with Crippen molar-refractivity contribution in [3.63, 3.8) is 0 Å². The van der Waals surface area contributed by atoms with Crippen molar-refractivity contribution in [1.82, 2.24) is 0 Å². The zero-order valence-corrected chi connectivity index (χ0v) is 12.7. The molecule has 0 saturated carbocycles. The molecule has 2 rings (SSSR count). The molecule has 0 spiro atoms. The van der Waals surface area contributed by atoms with E-state index in [0.29, 0.717) is 10.6 Å². The lowest BCUT2D eigenvalue weighted by atomic mass is 10.0. The van der Waals surface area contributed by atoms with Gasteiger partial charge in [0.15, 0.2) is 0 Å². The summed E-state index contributed by atoms with van der Waals surface area (Å²) in [7, 11) is 0. The largest absolute Gasteiger partial charge is 0.192 e. The van der Waals surface area contributed by atoms with E-state index in [4.69, 9.17) is 11.6 Å². The average molecular weight is 333 g/mol. The van der Waals surface area contributed by atoms with Gasteiger partial charge in [-0.25, -0.2) is 0 Å². The Morgan fingerprint density at radius 2 is 1.79 bits per heavy atom. The molecule has 0 aliphatic carbocycles. The first-order valence-corrected chi connectivity index (χ1v) is 6.92. The Morgan fingerprint density at radius 3 is 2.37 bits per heavy atom. The molecule has 0 amide bonds. The lowest BCUT2D eigenvalue weighted by molar-refractivity contribution is 1.42. The van der Waals surface area contributed by atoms with Crippen molar-refractivity contribution in [3.8, 4) is 6.07 Å². The maximum Gasteiger partial charge on any atom is 0.101 e. The van der Waals surface area contributed by atoms with Crippen LogP contribution >= 0.6 is 27.5 Å². The summed E-state index contributed by atoms with van der Waals surface area (Å²) in [5.41, 5.74) is 3.25. The molecule has 0 aromatic heterocycles. The summed E-state index contributed by atoms with van der Waals surface area (Å²) >= 11 is 9.83. The third kappa shape index (κ3) is 3.07. The van der Waals surface area contributed by atoms with E-state index in [1.807, 2.05) is 55.5 Å². The number of aryl methyl sites for hydroxylation is 1. The van der Waals surface area contributed by atoms with Gasteiger partial charge in [0.1, 0.15) is 6.07 Å². The van der Waals surface area contributed by atoms with Crippen LogP contribution in [0.25, 0.3) is 10.6 Å². The van der Waals surface area contributed by atoms with Gasteiger partial charge in [-0.1, -0.05) is 63.9 Å². The lowest BCUT2D eigenvalue weighted by Gasteiger charge is -2.06. The van der Waals surface area contributed by atoms with E-state index in [0.717, 1.165) is 21.2 Å². The van der Waals surface area contributed by atoms with Crippen LogP contribution < -0.4 is 0 Å². The summed E-state index contributed by atoms with van der Waals surface area (Å²) < 4.78 is 1.03. The first-order chi connectivity index (χ1) is 9.13. The number of benzene rings is 2. The molecule has 0 bridgehead atoms. The van der Waals surface area contributed by atoms with Crippen molar-refractivity contribution in [1.29, 1.82) is 5.26 Å². The zero-order chi connectivity index (χ0) is 13.8. The summed E-state index contributed by atoms with van der Waals surface area (Å²) in [4.78, 5) is 0. The number of rotatable bonds is 2. The molecule has 0 unspecified atom stereocenters. The molecular weight excluding hydrogens is 322 g/mol. The topological polar surface area (TPSA) is 23.8 Å². The Bertz CT molecular complexity index is 669. The van der Waals surface area contributed by atoms with Gasteiger partial charge in [0.2, 0.25) is 0 Å². The minimum atomic E-state index is 0.476. The fourth-order valence-corrected chi connectivity index (χ4v) is 2.29. The molecule has 0 N–H and O–H groups in total. The molecule has 0 aliphatic rings. The summed E-state index contributed by atoms with van der Waals surface area (Å²) in [6.07, 6.45) is 0. The van der Waals surface area contributed by atoms with Gasteiger partial charge in [-0.05, 0) is 35.7 Å². The summed E-state index contributed by atoms with van der Waals surface area (Å²) in [6, 6.07) is 17.5.